The Kier molecular flexibility index (Phi) is 4.04. The van der Waals surface area contributed by atoms with Crippen LogP contribution in [0.5, 0.6) is 0 Å². The first-order chi connectivity index (χ1) is 7.63. The van der Waals surface area contributed by atoms with Gasteiger partial charge in [0.25, 0.3) is 0 Å². The predicted molar refractivity (Wildman–Crippen MR) is 72.4 cm³/mol. The molecule has 0 aromatic heterocycles. The Morgan fingerprint density at radius 1 is 1.12 bits per heavy atom. The summed E-state index contributed by atoms with van der Waals surface area (Å²) in [5, 5.41) is 0. The lowest BCUT2D eigenvalue weighted by Gasteiger charge is -2.35. The monoisotopic (exact) mass is 281 g/mol. The molecule has 0 unspecified atom stereocenters. The Balaban J connectivity index is 1.96. The second kappa shape index (κ2) is 5.33. The molecule has 0 aliphatic carbocycles. The summed E-state index contributed by atoms with van der Waals surface area (Å²) in [6.45, 7) is 8.33. The lowest BCUT2D eigenvalue weighted by atomic mass is 9.91. The Labute approximate surface area is 107 Å². The van der Waals surface area contributed by atoms with Crippen LogP contribution in [-0.2, 0) is 6.54 Å². The molecule has 1 aliphatic rings. The van der Waals surface area contributed by atoms with Crippen LogP contribution >= 0.6 is 15.9 Å². The van der Waals surface area contributed by atoms with Gasteiger partial charge in [0, 0.05) is 24.1 Å². The molecule has 2 rings (SSSR count). The van der Waals surface area contributed by atoms with Gasteiger partial charge in [0.1, 0.15) is 0 Å². The molecule has 0 N–H and O–H groups in total. The second-order valence-corrected chi connectivity index (χ2v) is 6.18. The average Bonchev–Trinajstić information content (AvgIpc) is 2.20. The van der Waals surface area contributed by atoms with Crippen LogP contribution in [0.3, 0.4) is 0 Å². The number of piperidine rings is 1. The highest BCUT2D eigenvalue weighted by Gasteiger charge is 2.21. The SMILES string of the molecule is C[C@H]1C[C@H](C)CN(Cc2ccc(Br)cc2)C1. The van der Waals surface area contributed by atoms with E-state index in [1.165, 1.54) is 25.1 Å². The average molecular weight is 282 g/mol. The van der Waals surface area contributed by atoms with Gasteiger partial charge in [-0.15, -0.1) is 0 Å². The van der Waals surface area contributed by atoms with Gasteiger partial charge in [0.05, 0.1) is 0 Å². The molecule has 1 nitrogen and oxygen atoms in total. The third-order valence-corrected chi connectivity index (χ3v) is 3.79. The molecule has 1 fully saturated rings. The Bertz CT molecular complexity index is 323. The van der Waals surface area contributed by atoms with E-state index in [2.05, 4.69) is 58.9 Å². The number of hydrogen-bond donors (Lipinski definition) is 0. The largest absolute Gasteiger partial charge is 0.299 e. The molecule has 2 heteroatoms. The molecule has 88 valence electrons. The molecule has 1 saturated heterocycles. The van der Waals surface area contributed by atoms with Gasteiger partial charge >= 0.3 is 0 Å². The van der Waals surface area contributed by atoms with Crippen molar-refractivity contribution in [2.24, 2.45) is 11.8 Å². The molecule has 0 bridgehead atoms. The number of nitrogens with zero attached hydrogens (tertiary/aromatic N) is 1. The minimum Gasteiger partial charge on any atom is -0.299 e. The summed E-state index contributed by atoms with van der Waals surface area (Å²) in [5.41, 5.74) is 1.42. The first-order valence-electron chi connectivity index (χ1n) is 6.10. The highest BCUT2D eigenvalue weighted by atomic mass is 79.9. The highest BCUT2D eigenvalue weighted by molar-refractivity contribution is 9.10. The van der Waals surface area contributed by atoms with E-state index in [1.54, 1.807) is 0 Å². The van der Waals surface area contributed by atoms with Gasteiger partial charge in [0.15, 0.2) is 0 Å². The van der Waals surface area contributed by atoms with Gasteiger partial charge < -0.3 is 0 Å². The van der Waals surface area contributed by atoms with E-state index in [-0.39, 0.29) is 0 Å². The van der Waals surface area contributed by atoms with Crippen LogP contribution in [0.15, 0.2) is 28.7 Å². The van der Waals surface area contributed by atoms with Crippen molar-refractivity contribution >= 4 is 15.9 Å². The zero-order valence-corrected chi connectivity index (χ0v) is 11.7. The van der Waals surface area contributed by atoms with Crippen LogP contribution < -0.4 is 0 Å². The van der Waals surface area contributed by atoms with Gasteiger partial charge in [-0.2, -0.15) is 0 Å². The van der Waals surface area contributed by atoms with E-state index in [1.807, 2.05) is 0 Å². The summed E-state index contributed by atoms with van der Waals surface area (Å²) >= 11 is 3.48. The fraction of sp³-hybridized carbons (Fsp3) is 0.571. The van der Waals surface area contributed by atoms with Crippen molar-refractivity contribution in [1.29, 1.82) is 0 Å². The van der Waals surface area contributed by atoms with E-state index in [0.717, 1.165) is 22.9 Å². The Morgan fingerprint density at radius 3 is 2.25 bits per heavy atom. The zero-order chi connectivity index (χ0) is 11.5. The summed E-state index contributed by atoms with van der Waals surface area (Å²) in [5.74, 6) is 1.69. The third kappa shape index (κ3) is 3.33. The summed E-state index contributed by atoms with van der Waals surface area (Å²) in [6.07, 6.45) is 1.39. The van der Waals surface area contributed by atoms with Crippen molar-refractivity contribution in [3.63, 3.8) is 0 Å². The van der Waals surface area contributed by atoms with E-state index in [0.29, 0.717) is 0 Å². The lowest BCUT2D eigenvalue weighted by Crippen LogP contribution is -2.38. The predicted octanol–water partition coefficient (Wildman–Crippen LogP) is 3.93. The Hall–Kier alpha value is -0.340. The van der Waals surface area contributed by atoms with Crippen molar-refractivity contribution in [2.45, 2.75) is 26.8 Å². The van der Waals surface area contributed by atoms with Crippen molar-refractivity contribution in [3.05, 3.63) is 34.3 Å². The van der Waals surface area contributed by atoms with Crippen molar-refractivity contribution < 1.29 is 0 Å². The molecule has 2 atom stereocenters. The van der Waals surface area contributed by atoms with Crippen LogP contribution in [-0.4, -0.2) is 18.0 Å². The number of halogens is 1. The van der Waals surface area contributed by atoms with Crippen LogP contribution in [0.25, 0.3) is 0 Å². The molecule has 0 spiro atoms. The molecular weight excluding hydrogens is 262 g/mol. The van der Waals surface area contributed by atoms with E-state index >= 15 is 0 Å². The maximum absolute atomic E-state index is 3.48. The maximum atomic E-state index is 3.48. The van der Waals surface area contributed by atoms with Gasteiger partial charge in [-0.25, -0.2) is 0 Å². The van der Waals surface area contributed by atoms with Gasteiger partial charge in [-0.3, -0.25) is 4.90 Å². The topological polar surface area (TPSA) is 3.24 Å². The van der Waals surface area contributed by atoms with Gasteiger partial charge in [-0.1, -0.05) is 41.9 Å². The smallest absolute Gasteiger partial charge is 0.0233 e. The maximum Gasteiger partial charge on any atom is 0.0233 e. The van der Waals surface area contributed by atoms with E-state index in [9.17, 15) is 0 Å². The van der Waals surface area contributed by atoms with Crippen LogP contribution in [0.4, 0.5) is 0 Å². The summed E-state index contributed by atoms with van der Waals surface area (Å²) < 4.78 is 1.16. The molecule has 1 aromatic carbocycles. The molecular formula is C14H20BrN. The summed E-state index contributed by atoms with van der Waals surface area (Å²) in [7, 11) is 0. The van der Waals surface area contributed by atoms with Gasteiger partial charge in [0.2, 0.25) is 0 Å². The number of benzene rings is 1. The van der Waals surface area contributed by atoms with Crippen LogP contribution in [0, 0.1) is 11.8 Å². The quantitative estimate of drug-likeness (QED) is 0.794. The molecule has 0 saturated carbocycles. The molecule has 0 radical (unpaired) electrons. The van der Waals surface area contributed by atoms with Gasteiger partial charge in [-0.05, 0) is 36.0 Å². The van der Waals surface area contributed by atoms with Crippen molar-refractivity contribution in [1.82, 2.24) is 4.90 Å². The molecule has 1 aliphatic heterocycles. The lowest BCUT2D eigenvalue weighted by molar-refractivity contribution is 0.134. The fourth-order valence-electron chi connectivity index (χ4n) is 2.77. The molecule has 1 aromatic rings. The first kappa shape index (κ1) is 12.1. The summed E-state index contributed by atoms with van der Waals surface area (Å²) in [4.78, 5) is 2.59. The normalized spacial score (nSPS) is 26.9. The Morgan fingerprint density at radius 2 is 1.69 bits per heavy atom. The van der Waals surface area contributed by atoms with E-state index < -0.39 is 0 Å². The molecule has 16 heavy (non-hydrogen) atoms. The third-order valence-electron chi connectivity index (χ3n) is 3.26. The number of rotatable bonds is 2. The molecule has 0 amide bonds. The second-order valence-electron chi connectivity index (χ2n) is 5.27. The molecule has 1 heterocycles. The van der Waals surface area contributed by atoms with Crippen LogP contribution in [0.1, 0.15) is 25.8 Å². The standard InChI is InChI=1S/C14H20BrN/c1-11-7-12(2)9-16(8-11)10-13-3-5-14(15)6-4-13/h3-6,11-12H,7-10H2,1-2H3/t11-,12-/m0/s1. The zero-order valence-electron chi connectivity index (χ0n) is 10.1. The fourth-order valence-corrected chi connectivity index (χ4v) is 3.03. The van der Waals surface area contributed by atoms with Crippen LogP contribution in [0.2, 0.25) is 0 Å². The first-order valence-corrected chi connectivity index (χ1v) is 6.89. The van der Waals surface area contributed by atoms with Crippen molar-refractivity contribution in [2.75, 3.05) is 13.1 Å². The van der Waals surface area contributed by atoms with Crippen molar-refractivity contribution in [3.8, 4) is 0 Å². The minimum atomic E-state index is 0.846. The highest BCUT2D eigenvalue weighted by Crippen LogP contribution is 2.22. The minimum absolute atomic E-state index is 0.846. The summed E-state index contributed by atoms with van der Waals surface area (Å²) in [6, 6.07) is 8.69. The van der Waals surface area contributed by atoms with E-state index in [4.69, 9.17) is 0 Å². The number of hydrogen-bond acceptors (Lipinski definition) is 1. The number of likely N-dealkylation sites (tertiary alicyclic amines) is 1.